The van der Waals surface area contributed by atoms with Crippen molar-refractivity contribution in [1.29, 1.82) is 0 Å². The fourth-order valence-corrected chi connectivity index (χ4v) is 1.96. The molecule has 1 amide bonds. The van der Waals surface area contributed by atoms with Crippen molar-refractivity contribution in [3.63, 3.8) is 0 Å². The van der Waals surface area contributed by atoms with Crippen LogP contribution in [0, 0.1) is 0 Å². The van der Waals surface area contributed by atoms with Gasteiger partial charge in [-0.3, -0.25) is 9.59 Å². The van der Waals surface area contributed by atoms with Crippen LogP contribution in [0.25, 0.3) is 0 Å². The van der Waals surface area contributed by atoms with E-state index in [1.165, 1.54) is 19.9 Å². The number of carboxylic acid groups (broad SMARTS) is 1. The number of hydrogen-bond acceptors (Lipinski definition) is 5. The summed E-state index contributed by atoms with van der Waals surface area (Å²) in [6.07, 6.45) is 0. The zero-order chi connectivity index (χ0) is 11.6. The maximum Gasteiger partial charge on any atom is 1.00 e. The van der Waals surface area contributed by atoms with Gasteiger partial charge in [0.1, 0.15) is 5.00 Å². The number of ketones is 1. The molecule has 0 aliphatic heterocycles. The number of aromatic carboxylic acids is 1. The summed E-state index contributed by atoms with van der Waals surface area (Å²) in [4.78, 5) is 32.7. The average Bonchev–Trinajstić information content (AvgIpc) is 2.46. The zero-order valence-corrected chi connectivity index (χ0v) is 12.4. The third kappa shape index (κ3) is 4.97. The molecule has 1 rings (SSSR count). The van der Waals surface area contributed by atoms with Crippen molar-refractivity contribution in [2.45, 2.75) is 13.8 Å². The van der Waals surface area contributed by atoms with Crippen LogP contribution in [0.5, 0.6) is 0 Å². The normalized spacial score (nSPS) is 8.59. The van der Waals surface area contributed by atoms with E-state index in [1.54, 1.807) is 0 Å². The minimum atomic E-state index is -1.41. The molecule has 1 aromatic rings. The van der Waals surface area contributed by atoms with E-state index >= 15 is 0 Å². The molecule has 1 aromatic heterocycles. The van der Waals surface area contributed by atoms with E-state index < -0.39 is 11.9 Å². The predicted octanol–water partition coefficient (Wildman–Crippen LogP) is -3.55. The van der Waals surface area contributed by atoms with Gasteiger partial charge in [-0.15, -0.1) is 11.3 Å². The summed E-state index contributed by atoms with van der Waals surface area (Å²) < 4.78 is 0. The summed E-state index contributed by atoms with van der Waals surface area (Å²) in [5.41, 5.74) is -0.166. The maximum atomic E-state index is 11.0. The van der Waals surface area contributed by atoms with Crippen molar-refractivity contribution < 1.29 is 54.5 Å². The van der Waals surface area contributed by atoms with Gasteiger partial charge in [-0.05, 0) is 13.0 Å². The minimum absolute atomic E-state index is 0. The van der Waals surface area contributed by atoms with Crippen molar-refractivity contribution >= 4 is 34.0 Å². The predicted molar refractivity (Wildman–Crippen MR) is 56.6 cm³/mol. The first-order chi connectivity index (χ1) is 6.91. The fourth-order valence-electron chi connectivity index (χ4n) is 0.969. The molecule has 1 heterocycles. The number of Topliss-reactive ketones (excluding diaryl/α,β-unsaturated/α-hetero) is 1. The van der Waals surface area contributed by atoms with E-state index in [9.17, 15) is 19.5 Å². The van der Waals surface area contributed by atoms with Crippen molar-refractivity contribution in [3.8, 4) is 0 Å². The third-order valence-corrected chi connectivity index (χ3v) is 2.74. The van der Waals surface area contributed by atoms with Crippen molar-refractivity contribution in [2.24, 2.45) is 0 Å². The number of carbonyl (C=O) groups excluding carboxylic acids is 3. The molecule has 0 saturated heterocycles. The first kappa shape index (κ1) is 18.6. The van der Waals surface area contributed by atoms with Crippen molar-refractivity contribution in [3.05, 3.63) is 16.5 Å². The number of carboxylic acids is 1. The van der Waals surface area contributed by atoms with Gasteiger partial charge in [-0.2, -0.15) is 0 Å². The van der Waals surface area contributed by atoms with Crippen LogP contribution in [0.15, 0.2) is 6.07 Å². The average molecular weight is 267 g/mol. The fraction of sp³-hybridized carbons (Fsp3) is 0.222. The Morgan fingerprint density at radius 1 is 1.29 bits per heavy atom. The van der Waals surface area contributed by atoms with Gasteiger partial charge in [0.15, 0.2) is 5.78 Å². The monoisotopic (exact) mass is 267 g/mol. The SMILES string of the molecule is CC(=O)Nc1sc(C(C)=O)cc1C(=O)[O-].O.[Na+]. The molecule has 0 spiro atoms. The van der Waals surface area contributed by atoms with Crippen LogP contribution >= 0.6 is 11.3 Å². The van der Waals surface area contributed by atoms with E-state index in [0.29, 0.717) is 0 Å². The smallest absolute Gasteiger partial charge is 0.545 e. The standard InChI is InChI=1S/C9H9NO4S.Na.H2O/c1-4(11)7-3-6(9(13)14)8(15-7)10-5(2)12;;/h3H,1-2H3,(H,10,12)(H,13,14);;1H2/q;+1;/p-1. The first-order valence-corrected chi connectivity index (χ1v) is 4.87. The molecule has 0 unspecified atom stereocenters. The Morgan fingerprint density at radius 3 is 2.18 bits per heavy atom. The van der Waals surface area contributed by atoms with Crippen LogP contribution in [-0.4, -0.2) is 23.1 Å². The van der Waals surface area contributed by atoms with E-state index in [0.717, 1.165) is 11.3 Å². The molecule has 8 heteroatoms. The number of amides is 1. The van der Waals surface area contributed by atoms with E-state index in [-0.39, 0.29) is 56.3 Å². The van der Waals surface area contributed by atoms with Gasteiger partial charge >= 0.3 is 29.6 Å². The molecule has 0 aliphatic rings. The Labute approximate surface area is 124 Å². The maximum absolute atomic E-state index is 11.0. The molecule has 0 fully saturated rings. The summed E-state index contributed by atoms with van der Waals surface area (Å²) in [5.74, 6) is -2.06. The summed E-state index contributed by atoms with van der Waals surface area (Å²) in [6, 6.07) is 1.20. The molecule has 0 saturated carbocycles. The van der Waals surface area contributed by atoms with Gasteiger partial charge in [0, 0.05) is 12.5 Å². The van der Waals surface area contributed by atoms with Crippen molar-refractivity contribution in [1.82, 2.24) is 0 Å². The number of hydrogen-bond donors (Lipinski definition) is 1. The number of rotatable bonds is 3. The van der Waals surface area contributed by atoms with E-state index in [4.69, 9.17) is 0 Å². The molecule has 3 N–H and O–H groups in total. The number of carbonyl (C=O) groups is 3. The molecule has 17 heavy (non-hydrogen) atoms. The number of anilines is 1. The van der Waals surface area contributed by atoms with Crippen molar-refractivity contribution in [2.75, 3.05) is 5.32 Å². The van der Waals surface area contributed by atoms with Gasteiger partial charge in [0.25, 0.3) is 0 Å². The summed E-state index contributed by atoms with van der Waals surface area (Å²) in [7, 11) is 0. The molecule has 0 aromatic carbocycles. The van der Waals surface area contributed by atoms with Crippen LogP contribution in [0.4, 0.5) is 5.00 Å². The molecular weight excluding hydrogens is 257 g/mol. The van der Waals surface area contributed by atoms with Gasteiger partial charge < -0.3 is 20.7 Å². The van der Waals surface area contributed by atoms with Gasteiger partial charge in [-0.1, -0.05) is 0 Å². The largest absolute Gasteiger partial charge is 1.00 e. The molecule has 6 nitrogen and oxygen atoms in total. The Bertz CT molecular complexity index is 443. The first-order valence-electron chi connectivity index (χ1n) is 4.05. The van der Waals surface area contributed by atoms with Gasteiger partial charge in [0.2, 0.25) is 5.91 Å². The molecule has 0 atom stereocenters. The van der Waals surface area contributed by atoms with E-state index in [2.05, 4.69) is 5.32 Å². The molecule has 0 bridgehead atoms. The summed E-state index contributed by atoms with van der Waals surface area (Å²) in [6.45, 7) is 2.58. The third-order valence-electron chi connectivity index (χ3n) is 1.59. The topological polar surface area (TPSA) is 118 Å². The number of nitrogens with one attached hydrogen (secondary N) is 1. The van der Waals surface area contributed by atoms with Crippen LogP contribution in [0.2, 0.25) is 0 Å². The van der Waals surface area contributed by atoms with Crippen LogP contribution in [-0.2, 0) is 4.79 Å². The Kier molecular flexibility index (Phi) is 8.29. The minimum Gasteiger partial charge on any atom is -0.545 e. The molecule has 0 aliphatic carbocycles. The Balaban J connectivity index is 0. The van der Waals surface area contributed by atoms with Gasteiger partial charge in [-0.25, -0.2) is 0 Å². The second-order valence-electron chi connectivity index (χ2n) is 2.88. The second kappa shape index (κ2) is 7.57. The van der Waals surface area contributed by atoms with Crippen LogP contribution in [0.1, 0.15) is 33.9 Å². The molecule has 0 radical (unpaired) electrons. The summed E-state index contributed by atoms with van der Waals surface area (Å²) in [5, 5.41) is 13.1. The second-order valence-corrected chi connectivity index (χ2v) is 3.93. The molecule has 88 valence electrons. The van der Waals surface area contributed by atoms with E-state index in [1.807, 2.05) is 0 Å². The number of thiophene rings is 1. The van der Waals surface area contributed by atoms with Crippen LogP contribution in [0.3, 0.4) is 0 Å². The Hall–Kier alpha value is -0.730. The quantitative estimate of drug-likeness (QED) is 0.450. The van der Waals surface area contributed by atoms with Gasteiger partial charge in [0.05, 0.1) is 10.8 Å². The molecular formula is C9H10NNaO5S. The Morgan fingerprint density at radius 2 is 1.82 bits per heavy atom. The zero-order valence-electron chi connectivity index (χ0n) is 9.62. The van der Waals surface area contributed by atoms with Crippen LogP contribution < -0.4 is 40.0 Å². The summed E-state index contributed by atoms with van der Waals surface area (Å²) >= 11 is 0.922.